The van der Waals surface area contributed by atoms with Crippen molar-refractivity contribution in [3.8, 4) is 5.69 Å². The van der Waals surface area contributed by atoms with Crippen LogP contribution >= 0.6 is 27.7 Å². The zero-order valence-corrected chi connectivity index (χ0v) is 18.3. The van der Waals surface area contributed by atoms with E-state index in [4.69, 9.17) is 0 Å². The summed E-state index contributed by atoms with van der Waals surface area (Å²) >= 11 is 5.02. The van der Waals surface area contributed by atoms with Gasteiger partial charge in [-0.25, -0.2) is 5.43 Å². The van der Waals surface area contributed by atoms with E-state index in [1.54, 1.807) is 18.0 Å². The fraction of sp³-hybridized carbons (Fsp3) is 0.182. The summed E-state index contributed by atoms with van der Waals surface area (Å²) in [5.41, 5.74) is 8.12. The molecule has 6 heteroatoms. The van der Waals surface area contributed by atoms with Crippen LogP contribution in [0.2, 0.25) is 0 Å². The van der Waals surface area contributed by atoms with Crippen LogP contribution in [0.25, 0.3) is 5.69 Å². The second kappa shape index (κ2) is 9.75. The number of hydrogen-bond acceptors (Lipinski definition) is 3. The van der Waals surface area contributed by atoms with E-state index in [1.165, 1.54) is 5.56 Å². The van der Waals surface area contributed by atoms with Crippen LogP contribution in [-0.4, -0.2) is 22.4 Å². The highest BCUT2D eigenvalue weighted by molar-refractivity contribution is 9.10. The van der Waals surface area contributed by atoms with Crippen molar-refractivity contribution >= 4 is 39.8 Å². The average Bonchev–Trinajstić information content (AvgIpc) is 2.96. The van der Waals surface area contributed by atoms with E-state index in [0.29, 0.717) is 5.75 Å². The average molecular weight is 456 g/mol. The number of para-hydroxylation sites is 1. The Balaban J connectivity index is 1.54. The molecule has 3 rings (SSSR count). The monoisotopic (exact) mass is 455 g/mol. The lowest BCUT2D eigenvalue weighted by molar-refractivity contribution is -0.118. The van der Waals surface area contributed by atoms with Gasteiger partial charge < -0.3 is 4.57 Å². The van der Waals surface area contributed by atoms with Crippen LogP contribution in [0.15, 0.2) is 70.2 Å². The van der Waals surface area contributed by atoms with Crippen molar-refractivity contribution in [1.82, 2.24) is 9.99 Å². The molecule has 2 aromatic carbocycles. The molecule has 0 aliphatic rings. The Labute approximate surface area is 178 Å². The minimum absolute atomic E-state index is 0.104. The molecule has 0 saturated heterocycles. The number of hydrogen-bond donors (Lipinski definition) is 1. The van der Waals surface area contributed by atoms with Gasteiger partial charge in [0.2, 0.25) is 5.91 Å². The van der Waals surface area contributed by atoms with Gasteiger partial charge in [-0.15, -0.1) is 11.8 Å². The van der Waals surface area contributed by atoms with E-state index in [1.807, 2.05) is 30.3 Å². The van der Waals surface area contributed by atoms with Gasteiger partial charge in [0.15, 0.2) is 0 Å². The molecule has 4 nitrogen and oxygen atoms in total. The molecule has 28 heavy (non-hydrogen) atoms. The van der Waals surface area contributed by atoms with Crippen molar-refractivity contribution in [3.05, 3.63) is 87.7 Å². The van der Waals surface area contributed by atoms with Crippen LogP contribution in [0.4, 0.5) is 0 Å². The number of carbonyl (C=O) groups excluding carboxylic acids is 1. The predicted octanol–water partition coefficient (Wildman–Crippen LogP) is 5.24. The topological polar surface area (TPSA) is 46.4 Å². The number of nitrogens with zero attached hydrogens (tertiary/aromatic N) is 2. The SMILES string of the molecule is Cc1cc(/C=N\NC(=O)CSCc2cccc(Br)c2)c(C)n1-c1ccccc1. The molecule has 0 atom stereocenters. The molecule has 1 aromatic heterocycles. The minimum atomic E-state index is -0.104. The summed E-state index contributed by atoms with van der Waals surface area (Å²) in [7, 11) is 0. The van der Waals surface area contributed by atoms with Crippen molar-refractivity contribution in [2.75, 3.05) is 5.75 Å². The zero-order chi connectivity index (χ0) is 19.9. The molecule has 1 heterocycles. The van der Waals surface area contributed by atoms with Crippen molar-refractivity contribution in [2.45, 2.75) is 19.6 Å². The molecule has 0 aliphatic carbocycles. The number of carbonyl (C=O) groups is 1. The molecular weight excluding hydrogens is 434 g/mol. The van der Waals surface area contributed by atoms with E-state index in [0.717, 1.165) is 32.9 Å². The van der Waals surface area contributed by atoms with Gasteiger partial charge in [-0.05, 0) is 49.7 Å². The summed E-state index contributed by atoms with van der Waals surface area (Å²) in [6, 6.07) is 20.4. The van der Waals surface area contributed by atoms with Gasteiger partial charge in [0, 0.05) is 32.9 Å². The molecule has 0 aliphatic heterocycles. The lowest BCUT2D eigenvalue weighted by Crippen LogP contribution is -2.19. The molecule has 1 N–H and O–H groups in total. The summed E-state index contributed by atoms with van der Waals surface area (Å²) in [5.74, 6) is 1.05. The van der Waals surface area contributed by atoms with Gasteiger partial charge >= 0.3 is 0 Å². The molecule has 0 saturated carbocycles. The Hall–Kier alpha value is -2.31. The lowest BCUT2D eigenvalue weighted by Gasteiger charge is -2.08. The fourth-order valence-corrected chi connectivity index (χ4v) is 4.20. The Kier molecular flexibility index (Phi) is 7.12. The van der Waals surface area contributed by atoms with Crippen LogP contribution < -0.4 is 5.43 Å². The number of rotatable bonds is 7. The Morgan fingerprint density at radius 3 is 2.68 bits per heavy atom. The normalized spacial score (nSPS) is 11.1. The van der Waals surface area contributed by atoms with Crippen molar-refractivity contribution in [2.24, 2.45) is 5.10 Å². The first-order valence-corrected chi connectivity index (χ1v) is 10.9. The number of nitrogens with one attached hydrogen (secondary N) is 1. The summed E-state index contributed by atoms with van der Waals surface area (Å²) in [4.78, 5) is 12.0. The molecule has 0 radical (unpaired) electrons. The van der Waals surface area contributed by atoms with Crippen LogP contribution in [0.3, 0.4) is 0 Å². The van der Waals surface area contributed by atoms with Gasteiger partial charge in [0.1, 0.15) is 0 Å². The Morgan fingerprint density at radius 2 is 1.93 bits per heavy atom. The third kappa shape index (κ3) is 5.36. The maximum Gasteiger partial charge on any atom is 0.250 e. The largest absolute Gasteiger partial charge is 0.318 e. The first-order chi connectivity index (χ1) is 13.5. The highest BCUT2D eigenvalue weighted by Crippen LogP contribution is 2.19. The number of halogens is 1. The quantitative estimate of drug-likeness (QED) is 0.391. The number of aromatic nitrogens is 1. The maximum absolute atomic E-state index is 12.0. The van der Waals surface area contributed by atoms with E-state index in [9.17, 15) is 4.79 Å². The summed E-state index contributed by atoms with van der Waals surface area (Å²) in [6.07, 6.45) is 1.71. The van der Waals surface area contributed by atoms with E-state index in [2.05, 4.69) is 75.2 Å². The van der Waals surface area contributed by atoms with Gasteiger partial charge in [-0.3, -0.25) is 4.79 Å². The first-order valence-electron chi connectivity index (χ1n) is 8.93. The Morgan fingerprint density at radius 1 is 1.14 bits per heavy atom. The lowest BCUT2D eigenvalue weighted by atomic mass is 10.2. The molecule has 0 spiro atoms. The second-order valence-electron chi connectivity index (χ2n) is 6.41. The fourth-order valence-electron chi connectivity index (χ4n) is 2.99. The highest BCUT2D eigenvalue weighted by Gasteiger charge is 2.09. The summed E-state index contributed by atoms with van der Waals surface area (Å²) in [5, 5.41) is 4.13. The van der Waals surface area contributed by atoms with Crippen LogP contribution in [-0.2, 0) is 10.5 Å². The zero-order valence-electron chi connectivity index (χ0n) is 15.9. The van der Waals surface area contributed by atoms with Gasteiger partial charge in [0.05, 0.1) is 12.0 Å². The van der Waals surface area contributed by atoms with Crippen LogP contribution in [0.5, 0.6) is 0 Å². The maximum atomic E-state index is 12.0. The minimum Gasteiger partial charge on any atom is -0.318 e. The summed E-state index contributed by atoms with van der Waals surface area (Å²) < 4.78 is 3.23. The molecule has 1 amide bonds. The number of hydrazone groups is 1. The number of aryl methyl sites for hydroxylation is 1. The second-order valence-corrected chi connectivity index (χ2v) is 8.31. The van der Waals surface area contributed by atoms with E-state index < -0.39 is 0 Å². The molecule has 144 valence electrons. The van der Waals surface area contributed by atoms with Crippen molar-refractivity contribution in [3.63, 3.8) is 0 Å². The van der Waals surface area contributed by atoms with Gasteiger partial charge in [0.25, 0.3) is 0 Å². The van der Waals surface area contributed by atoms with Gasteiger partial charge in [-0.1, -0.05) is 46.3 Å². The summed E-state index contributed by atoms with van der Waals surface area (Å²) in [6.45, 7) is 4.12. The van der Waals surface area contributed by atoms with Crippen LogP contribution in [0.1, 0.15) is 22.5 Å². The smallest absolute Gasteiger partial charge is 0.250 e. The van der Waals surface area contributed by atoms with Crippen molar-refractivity contribution in [1.29, 1.82) is 0 Å². The van der Waals surface area contributed by atoms with Gasteiger partial charge in [-0.2, -0.15) is 5.10 Å². The number of benzene rings is 2. The van der Waals surface area contributed by atoms with Crippen molar-refractivity contribution < 1.29 is 4.79 Å². The Bertz CT molecular complexity index is 983. The number of amides is 1. The van der Waals surface area contributed by atoms with E-state index >= 15 is 0 Å². The first kappa shape index (κ1) is 20.4. The molecule has 0 unspecified atom stereocenters. The predicted molar refractivity (Wildman–Crippen MR) is 121 cm³/mol. The highest BCUT2D eigenvalue weighted by atomic mass is 79.9. The standard InChI is InChI=1S/C22H22BrN3OS/c1-16-11-19(17(2)26(16)21-9-4-3-5-10-21)13-24-25-22(27)15-28-14-18-7-6-8-20(23)12-18/h3-13H,14-15H2,1-2H3,(H,25,27)/b24-13-. The van der Waals surface area contributed by atoms with Crippen LogP contribution in [0, 0.1) is 13.8 Å². The van der Waals surface area contributed by atoms with E-state index in [-0.39, 0.29) is 5.91 Å². The molecule has 0 bridgehead atoms. The molecule has 0 fully saturated rings. The molecular formula is C22H22BrN3OS. The molecule has 3 aromatic rings. The third-order valence-corrected chi connectivity index (χ3v) is 5.77. The third-order valence-electron chi connectivity index (χ3n) is 4.27. The number of thioether (sulfide) groups is 1.